The van der Waals surface area contributed by atoms with Crippen molar-refractivity contribution in [2.75, 3.05) is 12.4 Å². The fraction of sp³-hybridized carbons (Fsp3) is 0.250. The molecule has 1 aromatic heterocycles. The van der Waals surface area contributed by atoms with Gasteiger partial charge in [0.15, 0.2) is 5.13 Å². The molecule has 6 heteroatoms. The van der Waals surface area contributed by atoms with Crippen LogP contribution in [0.5, 0.6) is 0 Å². The standard InChI is InChI=1S/C4H5N5S/c1-6-4-7-3(2-10-4)8-9-5/h2H,1H3,(H,6,7). The molecule has 1 rings (SSSR count). The van der Waals surface area contributed by atoms with Gasteiger partial charge in [-0.15, -0.1) is 11.3 Å². The molecule has 0 aliphatic carbocycles. The fourth-order valence-corrected chi connectivity index (χ4v) is 1.05. The van der Waals surface area contributed by atoms with Gasteiger partial charge < -0.3 is 5.32 Å². The summed E-state index contributed by atoms with van der Waals surface area (Å²) in [5, 5.41) is 8.58. The molecule has 1 N–H and O–H groups in total. The zero-order chi connectivity index (χ0) is 7.40. The van der Waals surface area contributed by atoms with Crippen LogP contribution < -0.4 is 5.32 Å². The molecule has 0 spiro atoms. The molecule has 0 aromatic carbocycles. The smallest absolute Gasteiger partial charge is 0.182 e. The first-order valence-electron chi connectivity index (χ1n) is 2.55. The average Bonchev–Trinajstić information content (AvgIpc) is 2.37. The molecule has 0 aliphatic heterocycles. The van der Waals surface area contributed by atoms with E-state index in [1.807, 2.05) is 0 Å². The van der Waals surface area contributed by atoms with Gasteiger partial charge in [0, 0.05) is 17.3 Å². The van der Waals surface area contributed by atoms with E-state index >= 15 is 0 Å². The average molecular weight is 155 g/mol. The highest BCUT2D eigenvalue weighted by molar-refractivity contribution is 7.14. The highest BCUT2D eigenvalue weighted by Crippen LogP contribution is 2.20. The monoisotopic (exact) mass is 155 g/mol. The van der Waals surface area contributed by atoms with Crippen molar-refractivity contribution in [1.82, 2.24) is 4.98 Å². The first-order chi connectivity index (χ1) is 4.86. The van der Waals surface area contributed by atoms with E-state index in [1.54, 1.807) is 12.4 Å². The van der Waals surface area contributed by atoms with Gasteiger partial charge in [0.1, 0.15) is 5.82 Å². The first kappa shape index (κ1) is 6.85. The lowest BCUT2D eigenvalue weighted by Gasteiger charge is -1.85. The number of nitrogens with zero attached hydrogens (tertiary/aromatic N) is 4. The topological polar surface area (TPSA) is 73.7 Å². The summed E-state index contributed by atoms with van der Waals surface area (Å²) in [4.78, 5) is 6.50. The minimum Gasteiger partial charge on any atom is -0.365 e. The lowest BCUT2D eigenvalue weighted by molar-refractivity contribution is 1.30. The van der Waals surface area contributed by atoms with E-state index in [0.717, 1.165) is 5.13 Å². The second-order valence-electron chi connectivity index (χ2n) is 1.45. The summed E-state index contributed by atoms with van der Waals surface area (Å²) in [7, 11) is 1.76. The normalized spacial score (nSPS) is 8.50. The number of rotatable bonds is 2. The molecular weight excluding hydrogens is 150 g/mol. The summed E-state index contributed by atoms with van der Waals surface area (Å²) in [6, 6.07) is 0. The number of nitrogens with one attached hydrogen (secondary N) is 1. The fourth-order valence-electron chi connectivity index (χ4n) is 0.472. The van der Waals surface area contributed by atoms with Crippen molar-refractivity contribution < 1.29 is 0 Å². The Morgan fingerprint density at radius 3 is 3.20 bits per heavy atom. The van der Waals surface area contributed by atoms with Crippen LogP contribution >= 0.6 is 11.3 Å². The van der Waals surface area contributed by atoms with Crippen molar-refractivity contribution in [3.05, 3.63) is 15.8 Å². The van der Waals surface area contributed by atoms with E-state index in [0.29, 0.717) is 5.82 Å². The molecule has 1 aromatic rings. The van der Waals surface area contributed by atoms with Crippen molar-refractivity contribution in [2.24, 2.45) is 5.11 Å². The maximum absolute atomic E-state index is 8.00. The molecule has 10 heavy (non-hydrogen) atoms. The molecule has 0 saturated carbocycles. The maximum Gasteiger partial charge on any atom is 0.182 e. The minimum absolute atomic E-state index is 0.414. The first-order valence-corrected chi connectivity index (χ1v) is 3.43. The molecule has 0 saturated heterocycles. The van der Waals surface area contributed by atoms with Crippen LogP contribution in [0.1, 0.15) is 0 Å². The van der Waals surface area contributed by atoms with Gasteiger partial charge in [-0.3, -0.25) is 0 Å². The van der Waals surface area contributed by atoms with Gasteiger partial charge in [0.25, 0.3) is 0 Å². The second-order valence-corrected chi connectivity index (χ2v) is 2.31. The number of aromatic nitrogens is 1. The third-order valence-corrected chi connectivity index (χ3v) is 1.70. The zero-order valence-corrected chi connectivity index (χ0v) is 6.09. The highest BCUT2D eigenvalue weighted by atomic mass is 32.1. The predicted octanol–water partition coefficient (Wildman–Crippen LogP) is 2.13. The summed E-state index contributed by atoms with van der Waals surface area (Å²) in [5.74, 6) is 0.414. The molecule has 0 unspecified atom stereocenters. The molecule has 0 aliphatic rings. The SMILES string of the molecule is CNc1nc(N=[N+]=[N-])cs1. The number of azide groups is 1. The summed E-state index contributed by atoms with van der Waals surface area (Å²) in [6.45, 7) is 0. The minimum atomic E-state index is 0.414. The quantitative estimate of drug-likeness (QED) is 0.403. The van der Waals surface area contributed by atoms with E-state index in [4.69, 9.17) is 5.53 Å². The molecule has 52 valence electrons. The zero-order valence-electron chi connectivity index (χ0n) is 5.27. The van der Waals surface area contributed by atoms with Gasteiger partial charge in [0.05, 0.1) is 0 Å². The summed E-state index contributed by atoms with van der Waals surface area (Å²) >= 11 is 1.40. The van der Waals surface area contributed by atoms with Crippen molar-refractivity contribution in [2.45, 2.75) is 0 Å². The highest BCUT2D eigenvalue weighted by Gasteiger charge is 1.94. The Bertz CT molecular complexity index is 260. The van der Waals surface area contributed by atoms with Crippen LogP contribution in [-0.4, -0.2) is 12.0 Å². The van der Waals surface area contributed by atoms with E-state index < -0.39 is 0 Å². The van der Waals surface area contributed by atoms with Gasteiger partial charge in [-0.1, -0.05) is 0 Å². The molecule has 5 nitrogen and oxygen atoms in total. The maximum atomic E-state index is 8.00. The Balaban J connectivity index is 2.87. The Hall–Kier alpha value is -1.26. The third kappa shape index (κ3) is 1.37. The van der Waals surface area contributed by atoms with Gasteiger partial charge in [-0.25, -0.2) is 4.98 Å². The van der Waals surface area contributed by atoms with Crippen LogP contribution in [0.3, 0.4) is 0 Å². The number of thiazole rings is 1. The number of hydrogen-bond donors (Lipinski definition) is 1. The summed E-state index contributed by atoms with van der Waals surface area (Å²) in [6.07, 6.45) is 0. The Labute approximate surface area is 61.3 Å². The van der Waals surface area contributed by atoms with E-state index in [1.165, 1.54) is 11.3 Å². The molecule has 0 amide bonds. The van der Waals surface area contributed by atoms with Gasteiger partial charge in [-0.05, 0) is 10.6 Å². The van der Waals surface area contributed by atoms with Crippen LogP contribution in [0.25, 0.3) is 10.4 Å². The molecular formula is C4H5N5S. The summed E-state index contributed by atoms with van der Waals surface area (Å²) in [5.41, 5.74) is 8.00. The Kier molecular flexibility index (Phi) is 2.09. The second kappa shape index (κ2) is 3.05. The van der Waals surface area contributed by atoms with Crippen LogP contribution in [0.2, 0.25) is 0 Å². The van der Waals surface area contributed by atoms with Crippen molar-refractivity contribution in [3.8, 4) is 0 Å². The van der Waals surface area contributed by atoms with E-state index in [-0.39, 0.29) is 0 Å². The van der Waals surface area contributed by atoms with Gasteiger partial charge in [0.2, 0.25) is 0 Å². The van der Waals surface area contributed by atoms with Gasteiger partial charge >= 0.3 is 0 Å². The van der Waals surface area contributed by atoms with Crippen molar-refractivity contribution in [1.29, 1.82) is 0 Å². The molecule has 0 atom stereocenters. The molecule has 1 heterocycles. The van der Waals surface area contributed by atoms with Crippen LogP contribution in [0.4, 0.5) is 10.9 Å². The van der Waals surface area contributed by atoms with E-state index in [9.17, 15) is 0 Å². The van der Waals surface area contributed by atoms with Crippen molar-refractivity contribution in [3.63, 3.8) is 0 Å². The molecule has 0 bridgehead atoms. The Morgan fingerprint density at radius 1 is 1.90 bits per heavy atom. The lowest BCUT2D eigenvalue weighted by Crippen LogP contribution is -1.83. The van der Waals surface area contributed by atoms with Crippen molar-refractivity contribution >= 4 is 22.3 Å². The number of hydrogen-bond acceptors (Lipinski definition) is 4. The van der Waals surface area contributed by atoms with E-state index in [2.05, 4.69) is 20.3 Å². The summed E-state index contributed by atoms with van der Waals surface area (Å²) < 4.78 is 0. The van der Waals surface area contributed by atoms with Crippen LogP contribution in [0.15, 0.2) is 10.5 Å². The lowest BCUT2D eigenvalue weighted by atomic mass is 10.8. The van der Waals surface area contributed by atoms with Crippen LogP contribution in [-0.2, 0) is 0 Å². The Morgan fingerprint density at radius 2 is 2.70 bits per heavy atom. The largest absolute Gasteiger partial charge is 0.365 e. The molecule has 0 radical (unpaired) electrons. The molecule has 0 fully saturated rings. The van der Waals surface area contributed by atoms with Crippen LogP contribution in [0, 0.1) is 0 Å². The predicted molar refractivity (Wildman–Crippen MR) is 40.5 cm³/mol. The van der Waals surface area contributed by atoms with Gasteiger partial charge in [-0.2, -0.15) is 0 Å². The number of anilines is 1. The third-order valence-electron chi connectivity index (χ3n) is 0.853.